The second kappa shape index (κ2) is 19.1. The number of nitro groups is 1. The number of allylic oxidation sites excluding steroid dienone is 3. The molecule has 3 amide bonds. The van der Waals surface area contributed by atoms with Crippen LogP contribution < -0.4 is 15.0 Å². The van der Waals surface area contributed by atoms with Gasteiger partial charge in [0.2, 0.25) is 11.8 Å². The molecule has 20 heteroatoms. The lowest BCUT2D eigenvalue weighted by molar-refractivity contribution is -0.385. The summed E-state index contributed by atoms with van der Waals surface area (Å²) in [5.41, 5.74) is -2.46. The zero-order valence-corrected chi connectivity index (χ0v) is 37.0. The van der Waals surface area contributed by atoms with E-state index in [1.165, 1.54) is 71.7 Å². The summed E-state index contributed by atoms with van der Waals surface area (Å²) in [5, 5.41) is 25.9. The number of hydrogen-bond donors (Lipinski definition) is 2. The standard InChI is InChI=1S/C40H50ClN5O12S2/c1-23-10-9-11-29(55-8)40(51)20-31(57-37(50)43-40)39(4)22-38(3,58-39)30(19-34(48)45(6)27-17-25(16-23)18-28(54-7)35(27)41)56-36(49)24(2)44(5)33(47)14-15-59-60-32-13-12-26(21-42-32)46(52)53/h9-13,17-18,21,24,29-31,51H,14-16,19-20,22H2,1-8H3,(H,43,50)/b11-9+,23-10+/t24-,29+,30-,31-,38+,39?,40-/m0/s1. The van der Waals surface area contributed by atoms with E-state index in [-0.39, 0.29) is 42.3 Å². The minimum absolute atomic E-state index is 0.0598. The number of nitrogens with one attached hydrogen (secondary N) is 1. The van der Waals surface area contributed by atoms with Gasteiger partial charge in [0.15, 0.2) is 5.72 Å². The molecule has 60 heavy (non-hydrogen) atoms. The third-order valence-electron chi connectivity index (χ3n) is 10.9. The van der Waals surface area contributed by atoms with E-state index in [9.17, 15) is 34.4 Å². The van der Waals surface area contributed by atoms with Gasteiger partial charge in [-0.25, -0.2) is 14.6 Å². The van der Waals surface area contributed by atoms with Gasteiger partial charge in [0, 0.05) is 52.3 Å². The van der Waals surface area contributed by atoms with Gasteiger partial charge in [-0.2, -0.15) is 0 Å². The molecule has 1 aromatic heterocycles. The Morgan fingerprint density at radius 1 is 1.23 bits per heavy atom. The van der Waals surface area contributed by atoms with Crippen molar-refractivity contribution < 1.29 is 52.9 Å². The van der Waals surface area contributed by atoms with Crippen LogP contribution in [0.3, 0.4) is 0 Å². The molecule has 2 N–H and O–H groups in total. The van der Waals surface area contributed by atoms with Crippen molar-refractivity contribution in [2.75, 3.05) is 39.0 Å². The fraction of sp³-hybridized carbons (Fsp3) is 0.525. The topological polar surface area (TPSA) is 209 Å². The van der Waals surface area contributed by atoms with Gasteiger partial charge in [-0.3, -0.25) is 25.0 Å². The maximum atomic E-state index is 14.2. The SMILES string of the molecule is COc1cc2cc(c1Cl)N(C)C(=O)C[C@H](OC(=O)[C@H](C)N(C)C(=O)CCSSc1ccc([N+](=O)[O-])cn1)[C@@]1(C)CC(C)(O1)[C@@H]1C[C@@](O)(NC(=O)O1)[C@H](OC)/C=C/C=C(\C)C2. The van der Waals surface area contributed by atoms with E-state index in [1.54, 1.807) is 45.2 Å². The summed E-state index contributed by atoms with van der Waals surface area (Å²) in [6, 6.07) is 5.34. The number of benzene rings is 1. The van der Waals surface area contributed by atoms with Crippen LogP contribution in [-0.4, -0.2) is 119 Å². The van der Waals surface area contributed by atoms with Crippen molar-refractivity contribution in [3.05, 3.63) is 75.0 Å². The Morgan fingerprint density at radius 3 is 2.58 bits per heavy atom. The first kappa shape index (κ1) is 46.7. The maximum absolute atomic E-state index is 14.2. The third-order valence-corrected chi connectivity index (χ3v) is 13.6. The van der Waals surface area contributed by atoms with E-state index < -0.39 is 64.2 Å². The summed E-state index contributed by atoms with van der Waals surface area (Å²) in [5.74, 6) is -0.916. The average Bonchev–Trinajstić information content (AvgIpc) is 3.19. The number of anilines is 1. The molecule has 0 radical (unpaired) electrons. The zero-order chi connectivity index (χ0) is 44.2. The number of carbonyl (C=O) groups is 4. The molecule has 17 nitrogen and oxygen atoms in total. The van der Waals surface area contributed by atoms with E-state index in [1.807, 2.05) is 13.0 Å². The minimum Gasteiger partial charge on any atom is -0.495 e. The van der Waals surface area contributed by atoms with Gasteiger partial charge >= 0.3 is 12.1 Å². The first-order chi connectivity index (χ1) is 28.2. The molecule has 0 spiro atoms. The maximum Gasteiger partial charge on any atom is 0.409 e. The van der Waals surface area contributed by atoms with E-state index in [4.69, 9.17) is 35.3 Å². The molecule has 0 saturated carbocycles. The van der Waals surface area contributed by atoms with Crippen LogP contribution in [0.2, 0.25) is 5.02 Å². The van der Waals surface area contributed by atoms with Crippen LogP contribution in [0.5, 0.6) is 5.75 Å². The Morgan fingerprint density at radius 2 is 1.95 bits per heavy atom. The number of rotatable bonds is 11. The first-order valence-electron chi connectivity index (χ1n) is 19.0. The van der Waals surface area contributed by atoms with Gasteiger partial charge in [0.05, 0.1) is 24.1 Å². The summed E-state index contributed by atoms with van der Waals surface area (Å²) >= 11 is 6.77. The molecule has 6 rings (SSSR count). The number of nitrogens with zero attached hydrogens (tertiary/aromatic N) is 4. The number of amides is 3. The van der Waals surface area contributed by atoms with Gasteiger partial charge in [-0.15, -0.1) is 0 Å². The van der Waals surface area contributed by atoms with Crippen LogP contribution in [0.1, 0.15) is 58.9 Å². The summed E-state index contributed by atoms with van der Waals surface area (Å²) in [4.78, 5) is 71.3. The lowest BCUT2D eigenvalue weighted by atomic mass is 9.72. The van der Waals surface area contributed by atoms with E-state index >= 15 is 0 Å². The summed E-state index contributed by atoms with van der Waals surface area (Å²) in [6.45, 7) is 6.80. The van der Waals surface area contributed by atoms with E-state index in [2.05, 4.69) is 10.3 Å². The number of pyridine rings is 1. The van der Waals surface area contributed by atoms with E-state index in [0.717, 1.165) is 17.3 Å². The molecule has 0 aliphatic carbocycles. The molecule has 7 atom stereocenters. The number of aliphatic hydroxyl groups is 1. The Hall–Kier alpha value is -4.40. The largest absolute Gasteiger partial charge is 0.495 e. The van der Waals surface area contributed by atoms with Crippen molar-refractivity contribution >= 4 is 68.4 Å². The molecule has 2 aromatic rings. The number of fused-ring (bicyclic) bond motifs is 6. The number of alkyl carbamates (subject to hydrolysis) is 1. The smallest absolute Gasteiger partial charge is 0.409 e. The fourth-order valence-electron chi connectivity index (χ4n) is 7.45. The Kier molecular flexibility index (Phi) is 14.9. The number of halogens is 1. The molecule has 2 fully saturated rings. The second-order valence-electron chi connectivity index (χ2n) is 15.4. The Balaban J connectivity index is 1.39. The molecule has 4 aliphatic heterocycles. The van der Waals surface area contributed by atoms with Gasteiger partial charge in [-0.1, -0.05) is 46.2 Å². The van der Waals surface area contributed by atoms with E-state index in [0.29, 0.717) is 28.6 Å². The van der Waals surface area contributed by atoms with Crippen molar-refractivity contribution in [3.8, 4) is 5.75 Å². The molecule has 326 valence electrons. The van der Waals surface area contributed by atoms with Crippen molar-refractivity contribution in [1.82, 2.24) is 15.2 Å². The lowest BCUT2D eigenvalue weighted by Crippen LogP contribution is -2.72. The normalized spacial score (nSPS) is 28.8. The van der Waals surface area contributed by atoms with Gasteiger partial charge in [-0.05, 0) is 68.7 Å². The van der Waals surface area contributed by atoms with Crippen LogP contribution in [0.4, 0.5) is 16.2 Å². The summed E-state index contributed by atoms with van der Waals surface area (Å²) in [6.07, 6.45) is 2.43. The monoisotopic (exact) mass is 891 g/mol. The van der Waals surface area contributed by atoms with Crippen LogP contribution in [0, 0.1) is 10.1 Å². The molecule has 1 unspecified atom stereocenters. The molecule has 6 bridgehead atoms. The average molecular weight is 892 g/mol. The van der Waals surface area contributed by atoms with Crippen LogP contribution >= 0.6 is 33.2 Å². The Bertz CT molecular complexity index is 2030. The number of ether oxygens (including phenoxy) is 5. The number of likely N-dealkylation sites (N-methyl/N-ethyl adjacent to an activating group) is 1. The lowest BCUT2D eigenvalue weighted by Gasteiger charge is -2.59. The van der Waals surface area contributed by atoms with Crippen molar-refractivity contribution in [3.63, 3.8) is 0 Å². The molecule has 2 saturated heterocycles. The number of methoxy groups -OCH3 is 2. The predicted molar refractivity (Wildman–Crippen MR) is 225 cm³/mol. The van der Waals surface area contributed by atoms with Crippen molar-refractivity contribution in [2.45, 2.75) is 106 Å². The number of esters is 1. The Labute approximate surface area is 361 Å². The molecular formula is C40H50ClN5O12S2. The first-order valence-corrected chi connectivity index (χ1v) is 21.7. The summed E-state index contributed by atoms with van der Waals surface area (Å²) < 4.78 is 29.5. The highest BCUT2D eigenvalue weighted by Gasteiger charge is 2.63. The van der Waals surface area contributed by atoms with Crippen molar-refractivity contribution in [1.29, 1.82) is 0 Å². The fourth-order valence-corrected chi connectivity index (χ4v) is 9.60. The quantitative estimate of drug-likeness (QED) is 0.0899. The number of carbonyl (C=O) groups excluding carboxylic acids is 4. The number of hydrogen-bond acceptors (Lipinski definition) is 15. The number of aromatic nitrogens is 1. The highest BCUT2D eigenvalue weighted by Crippen LogP contribution is 2.50. The molecular weight excluding hydrogens is 842 g/mol. The minimum atomic E-state index is -1.89. The molecule has 1 aromatic carbocycles. The van der Waals surface area contributed by atoms with Crippen LogP contribution in [-0.2, 0) is 39.8 Å². The molecule has 4 aliphatic rings. The van der Waals surface area contributed by atoms with Gasteiger partial charge in [0.1, 0.15) is 57.6 Å². The highest BCUT2D eigenvalue weighted by atomic mass is 35.5. The van der Waals surface area contributed by atoms with Gasteiger partial charge in [0.25, 0.3) is 5.69 Å². The molecule has 5 heterocycles. The van der Waals surface area contributed by atoms with Gasteiger partial charge < -0.3 is 38.6 Å². The van der Waals surface area contributed by atoms with Crippen LogP contribution in [0.25, 0.3) is 0 Å². The van der Waals surface area contributed by atoms with Crippen molar-refractivity contribution in [2.24, 2.45) is 0 Å². The summed E-state index contributed by atoms with van der Waals surface area (Å²) in [7, 11) is 8.49. The third kappa shape index (κ3) is 10.5. The zero-order valence-electron chi connectivity index (χ0n) is 34.6. The predicted octanol–water partition coefficient (Wildman–Crippen LogP) is 5.79. The highest BCUT2D eigenvalue weighted by molar-refractivity contribution is 8.76. The van der Waals surface area contributed by atoms with Crippen LogP contribution in [0.15, 0.2) is 59.3 Å². The second-order valence-corrected chi connectivity index (χ2v) is 18.3.